The van der Waals surface area contributed by atoms with Gasteiger partial charge in [0.25, 0.3) is 6.43 Å². The van der Waals surface area contributed by atoms with Gasteiger partial charge in [0.2, 0.25) is 0 Å². The van der Waals surface area contributed by atoms with Gasteiger partial charge >= 0.3 is 6.03 Å². The number of nitrogens with zero attached hydrogens (tertiary/aromatic N) is 6. The van der Waals surface area contributed by atoms with Gasteiger partial charge in [0, 0.05) is 77.3 Å². The fraction of sp³-hybridized carbons (Fsp3) is 0.368. The second-order valence-corrected chi connectivity index (χ2v) is 14.5. The zero-order valence-electron chi connectivity index (χ0n) is 27.9. The molecule has 262 valence electrons. The molecule has 0 spiro atoms. The van der Waals surface area contributed by atoms with Crippen LogP contribution in [0.15, 0.2) is 48.7 Å². The maximum Gasteiger partial charge on any atom is 0.325 e. The number of rotatable bonds is 8. The number of amides is 2. The van der Waals surface area contributed by atoms with Crippen LogP contribution in [0.2, 0.25) is 10.0 Å². The van der Waals surface area contributed by atoms with Crippen LogP contribution in [0.3, 0.4) is 0 Å². The molecule has 3 aliphatic heterocycles. The fourth-order valence-electron chi connectivity index (χ4n) is 8.39. The zero-order valence-corrected chi connectivity index (χ0v) is 29.4. The van der Waals surface area contributed by atoms with Crippen LogP contribution in [0.1, 0.15) is 67.3 Å². The largest absolute Gasteiger partial charge is 0.337 e. The molecule has 2 amide bonds. The monoisotopic (exact) mass is 731 g/mol. The van der Waals surface area contributed by atoms with E-state index in [1.807, 2.05) is 19.9 Å². The van der Waals surface area contributed by atoms with Crippen molar-refractivity contribution in [2.24, 2.45) is 5.92 Å². The number of nitrogens with one attached hydrogen (secondary N) is 1. The molecule has 0 unspecified atom stereocenters. The lowest BCUT2D eigenvalue weighted by molar-refractivity contribution is 0.146. The standard InChI is InChI=1S/C38H34Cl2F3N7O/c1-19-25-17-30(20(2)48-12-5-13-49(38(48)51)23-9-11-45-29(16-23)37(42)43)50(35-22-15-28(35)46-18-22)36(25)26-14-21(6-4-10-44)31(33(41)34(26)47-19)24-7-3-8-27(39)32(24)40/h3,7-9,11,14,16-17,20,22,28,35,37,46H,4-6,12-13,15,18H2,1-2H3/t20-,22-,28-,35+/m1/s1. The van der Waals surface area contributed by atoms with Crippen molar-refractivity contribution in [2.75, 3.05) is 24.5 Å². The molecule has 5 aromatic rings. The molecule has 51 heavy (non-hydrogen) atoms. The summed E-state index contributed by atoms with van der Waals surface area (Å²) in [6.45, 7) is 5.58. The van der Waals surface area contributed by atoms with Crippen LogP contribution in [0.4, 0.5) is 23.7 Å². The molecule has 2 bridgehead atoms. The lowest BCUT2D eigenvalue weighted by atomic mass is 9.79. The van der Waals surface area contributed by atoms with Crippen LogP contribution >= 0.6 is 23.2 Å². The topological polar surface area (TPSA) is 90.1 Å². The van der Waals surface area contributed by atoms with Crippen molar-refractivity contribution in [3.63, 3.8) is 0 Å². The van der Waals surface area contributed by atoms with Gasteiger partial charge in [0.1, 0.15) is 11.2 Å². The molecule has 9 rings (SSSR count). The molecule has 13 heteroatoms. The van der Waals surface area contributed by atoms with Crippen LogP contribution in [0, 0.1) is 30.0 Å². The average Bonchev–Trinajstić information content (AvgIpc) is 3.86. The first-order valence-corrected chi connectivity index (χ1v) is 17.9. The molecule has 0 radical (unpaired) electrons. The first-order chi connectivity index (χ1) is 24.6. The smallest absolute Gasteiger partial charge is 0.325 e. The number of hydrogen-bond donors (Lipinski definition) is 1. The number of aromatic nitrogens is 3. The number of urea groups is 1. The van der Waals surface area contributed by atoms with Crippen molar-refractivity contribution in [1.29, 1.82) is 5.26 Å². The van der Waals surface area contributed by atoms with Crippen LogP contribution in [0.5, 0.6) is 0 Å². The van der Waals surface area contributed by atoms with Crippen LogP contribution < -0.4 is 10.2 Å². The van der Waals surface area contributed by atoms with Gasteiger partial charge in [-0.05, 0) is 74.9 Å². The second-order valence-electron chi connectivity index (χ2n) is 13.7. The molecule has 4 aliphatic rings. The number of anilines is 1. The predicted molar refractivity (Wildman–Crippen MR) is 192 cm³/mol. The molecule has 2 aromatic carbocycles. The van der Waals surface area contributed by atoms with Gasteiger partial charge in [-0.25, -0.2) is 22.9 Å². The van der Waals surface area contributed by atoms with Gasteiger partial charge in [0.15, 0.2) is 5.82 Å². The summed E-state index contributed by atoms with van der Waals surface area (Å²) in [4.78, 5) is 26.1. The number of aryl methyl sites for hydroxylation is 2. The van der Waals surface area contributed by atoms with E-state index in [1.54, 1.807) is 29.2 Å². The van der Waals surface area contributed by atoms with E-state index in [4.69, 9.17) is 28.2 Å². The minimum atomic E-state index is -2.75. The predicted octanol–water partition coefficient (Wildman–Crippen LogP) is 9.33. The number of nitriles is 1. The summed E-state index contributed by atoms with van der Waals surface area (Å²) >= 11 is 13.0. The molecule has 8 nitrogen and oxygen atoms in total. The Balaban J connectivity index is 1.32. The van der Waals surface area contributed by atoms with E-state index in [0.717, 1.165) is 29.6 Å². The summed E-state index contributed by atoms with van der Waals surface area (Å²) in [5.74, 6) is -0.181. The second kappa shape index (κ2) is 13.0. The molecule has 3 saturated heterocycles. The number of carbonyl (C=O) groups excluding carboxylic acids is 1. The lowest BCUT2D eigenvalue weighted by Gasteiger charge is -2.42. The van der Waals surface area contributed by atoms with E-state index in [1.165, 1.54) is 17.2 Å². The molecule has 3 aromatic heterocycles. The minimum Gasteiger partial charge on any atom is -0.337 e. The Bertz CT molecular complexity index is 2260. The maximum absolute atomic E-state index is 17.1. The number of halogens is 5. The van der Waals surface area contributed by atoms with Crippen molar-refractivity contribution in [3.05, 3.63) is 87.2 Å². The van der Waals surface area contributed by atoms with Crippen LogP contribution in [-0.2, 0) is 6.42 Å². The van der Waals surface area contributed by atoms with E-state index >= 15 is 4.39 Å². The summed E-state index contributed by atoms with van der Waals surface area (Å²) in [5, 5.41) is 15.2. The third kappa shape index (κ3) is 5.42. The van der Waals surface area contributed by atoms with Crippen molar-refractivity contribution >= 4 is 56.7 Å². The molecule has 4 atom stereocenters. The molecular weight excluding hydrogens is 698 g/mol. The molecule has 1 N–H and O–H groups in total. The normalized spacial score (nSPS) is 20.8. The number of benzene rings is 2. The maximum atomic E-state index is 17.1. The number of carbonyl (C=O) groups is 1. The highest BCUT2D eigenvalue weighted by Crippen LogP contribution is 2.50. The van der Waals surface area contributed by atoms with Gasteiger partial charge in [-0.2, -0.15) is 5.26 Å². The quantitative estimate of drug-likeness (QED) is 0.172. The van der Waals surface area contributed by atoms with Crippen molar-refractivity contribution in [1.82, 2.24) is 24.8 Å². The number of pyridine rings is 2. The third-order valence-electron chi connectivity index (χ3n) is 10.9. The van der Waals surface area contributed by atoms with Gasteiger partial charge in [-0.15, -0.1) is 0 Å². The summed E-state index contributed by atoms with van der Waals surface area (Å²) in [6.07, 6.45) is 0.674. The Morgan fingerprint density at radius 1 is 1.14 bits per heavy atom. The Morgan fingerprint density at radius 3 is 2.69 bits per heavy atom. The number of alkyl halides is 2. The zero-order chi connectivity index (χ0) is 35.7. The van der Waals surface area contributed by atoms with Crippen molar-refractivity contribution in [2.45, 2.75) is 64.1 Å². The minimum absolute atomic E-state index is 0.0717. The summed E-state index contributed by atoms with van der Waals surface area (Å²) in [5.41, 5.74) is 3.89. The highest BCUT2D eigenvalue weighted by molar-refractivity contribution is 6.43. The number of fused-ring (bicyclic) bond motifs is 4. The molecule has 4 fully saturated rings. The van der Waals surface area contributed by atoms with Gasteiger partial charge in [-0.3, -0.25) is 9.88 Å². The van der Waals surface area contributed by atoms with E-state index in [-0.39, 0.29) is 52.8 Å². The van der Waals surface area contributed by atoms with Crippen LogP contribution in [-0.4, -0.2) is 51.1 Å². The molecule has 6 heterocycles. The van der Waals surface area contributed by atoms with Crippen LogP contribution in [0.25, 0.3) is 32.9 Å². The average molecular weight is 733 g/mol. The van der Waals surface area contributed by atoms with Crippen molar-refractivity contribution in [3.8, 4) is 17.2 Å². The summed E-state index contributed by atoms with van der Waals surface area (Å²) in [6, 6.07) is 13.7. The number of hydrogen-bond acceptors (Lipinski definition) is 5. The lowest BCUT2D eigenvalue weighted by Crippen LogP contribution is -2.51. The summed E-state index contributed by atoms with van der Waals surface area (Å²) in [7, 11) is 0. The van der Waals surface area contributed by atoms with Gasteiger partial charge < -0.3 is 14.8 Å². The van der Waals surface area contributed by atoms with E-state index in [0.29, 0.717) is 58.3 Å². The van der Waals surface area contributed by atoms with Gasteiger partial charge in [0.05, 0.1) is 33.7 Å². The Hall–Kier alpha value is -4.37. The first kappa shape index (κ1) is 33.8. The van der Waals surface area contributed by atoms with E-state index < -0.39 is 18.3 Å². The Morgan fingerprint density at radius 2 is 1.96 bits per heavy atom. The SMILES string of the molecule is Cc1nc2c(F)c(-c3cccc(Cl)c3Cl)c(CCC#N)cc2c2c1cc([C@@H](C)N1CCCN(c3ccnc(C(F)F)c3)C1=O)n2[C@H]1[C@H]2CN[C@@H]1C2. The Labute approximate surface area is 302 Å². The highest BCUT2D eigenvalue weighted by Gasteiger charge is 2.49. The molecule has 1 saturated carbocycles. The fourth-order valence-corrected chi connectivity index (χ4v) is 8.79. The Kier molecular flexibility index (Phi) is 8.60. The first-order valence-electron chi connectivity index (χ1n) is 17.1. The van der Waals surface area contributed by atoms with E-state index in [2.05, 4.69) is 27.0 Å². The summed E-state index contributed by atoms with van der Waals surface area (Å²) < 4.78 is 46.4. The van der Waals surface area contributed by atoms with Crippen molar-refractivity contribution < 1.29 is 18.0 Å². The third-order valence-corrected chi connectivity index (χ3v) is 11.7. The van der Waals surface area contributed by atoms with Gasteiger partial charge in [-0.1, -0.05) is 35.3 Å². The molecular formula is C38H34Cl2F3N7O. The van der Waals surface area contributed by atoms with E-state index in [9.17, 15) is 18.8 Å². The highest BCUT2D eigenvalue weighted by atomic mass is 35.5. The molecule has 1 aliphatic carbocycles.